The van der Waals surface area contributed by atoms with E-state index in [4.69, 9.17) is 9.47 Å². The van der Waals surface area contributed by atoms with Gasteiger partial charge < -0.3 is 19.3 Å². The third kappa shape index (κ3) is 5.34. The zero-order valence-corrected chi connectivity index (χ0v) is 17.3. The molecule has 0 unspecified atom stereocenters. The highest BCUT2D eigenvalue weighted by molar-refractivity contribution is 5.93. The standard InChI is InChI=1S/C22H26N4O4/c1-3-14-30-19-6-4-17(15-20(19)29-2)5-7-21(27)25-10-12-26(13-11-25)22(28)18-16-23-8-9-24-18/h4-9,15-16H,3,10-14H2,1-2H3/b7-5+. The fraction of sp³-hybridized carbons (Fsp3) is 0.364. The molecular weight excluding hydrogens is 384 g/mol. The molecule has 2 amide bonds. The van der Waals surface area contributed by atoms with Gasteiger partial charge in [-0.2, -0.15) is 0 Å². The van der Waals surface area contributed by atoms with Gasteiger partial charge in [0.25, 0.3) is 5.91 Å². The molecule has 0 saturated carbocycles. The molecule has 3 rings (SSSR count). The van der Waals surface area contributed by atoms with E-state index in [-0.39, 0.29) is 11.8 Å². The SMILES string of the molecule is CCCOc1ccc(/C=C/C(=O)N2CCN(C(=O)c3cnccn3)CC2)cc1OC. The Morgan fingerprint density at radius 3 is 2.53 bits per heavy atom. The number of carbonyl (C=O) groups excluding carboxylic acids is 2. The molecule has 1 fully saturated rings. The summed E-state index contributed by atoms with van der Waals surface area (Å²) in [5.41, 5.74) is 1.16. The van der Waals surface area contributed by atoms with E-state index in [0.29, 0.717) is 50.0 Å². The lowest BCUT2D eigenvalue weighted by molar-refractivity contribution is -0.127. The average molecular weight is 410 g/mol. The van der Waals surface area contributed by atoms with E-state index in [9.17, 15) is 9.59 Å². The number of nitrogens with zero attached hydrogens (tertiary/aromatic N) is 4. The van der Waals surface area contributed by atoms with Crippen molar-refractivity contribution < 1.29 is 19.1 Å². The molecule has 1 aliphatic heterocycles. The van der Waals surface area contributed by atoms with Crippen molar-refractivity contribution in [3.8, 4) is 11.5 Å². The lowest BCUT2D eigenvalue weighted by atomic mass is 10.1. The van der Waals surface area contributed by atoms with E-state index in [1.807, 2.05) is 25.1 Å². The van der Waals surface area contributed by atoms with Crippen LogP contribution in [0.2, 0.25) is 0 Å². The van der Waals surface area contributed by atoms with E-state index < -0.39 is 0 Å². The van der Waals surface area contributed by atoms with Crippen LogP contribution in [0.25, 0.3) is 6.08 Å². The first kappa shape index (κ1) is 21.3. The Morgan fingerprint density at radius 2 is 1.87 bits per heavy atom. The minimum atomic E-state index is -0.164. The fourth-order valence-electron chi connectivity index (χ4n) is 3.09. The molecule has 8 heteroatoms. The van der Waals surface area contributed by atoms with Gasteiger partial charge in [-0.25, -0.2) is 4.98 Å². The Hall–Kier alpha value is -3.42. The molecule has 0 radical (unpaired) electrons. The molecule has 0 N–H and O–H groups in total. The van der Waals surface area contributed by atoms with Crippen molar-refractivity contribution in [3.05, 3.63) is 54.1 Å². The quantitative estimate of drug-likeness (QED) is 0.651. The summed E-state index contributed by atoms with van der Waals surface area (Å²) in [4.78, 5) is 36.4. The highest BCUT2D eigenvalue weighted by atomic mass is 16.5. The number of piperazine rings is 1. The maximum atomic E-state index is 12.5. The molecule has 0 atom stereocenters. The van der Waals surface area contributed by atoms with Crippen molar-refractivity contribution in [1.29, 1.82) is 0 Å². The fourth-order valence-corrected chi connectivity index (χ4v) is 3.09. The molecule has 0 bridgehead atoms. The average Bonchev–Trinajstić information content (AvgIpc) is 2.81. The molecule has 1 saturated heterocycles. The van der Waals surface area contributed by atoms with Crippen molar-refractivity contribution >= 4 is 17.9 Å². The van der Waals surface area contributed by atoms with Gasteiger partial charge in [0.2, 0.25) is 5.91 Å². The van der Waals surface area contributed by atoms with Crippen molar-refractivity contribution in [2.24, 2.45) is 0 Å². The Bertz CT molecular complexity index is 893. The highest BCUT2D eigenvalue weighted by Crippen LogP contribution is 2.28. The van der Waals surface area contributed by atoms with Gasteiger partial charge in [0.05, 0.1) is 19.9 Å². The summed E-state index contributed by atoms with van der Waals surface area (Å²) < 4.78 is 11.0. The van der Waals surface area contributed by atoms with E-state index in [2.05, 4.69) is 9.97 Å². The maximum Gasteiger partial charge on any atom is 0.274 e. The number of rotatable bonds is 7. The molecule has 0 spiro atoms. The first-order valence-electron chi connectivity index (χ1n) is 9.95. The zero-order chi connectivity index (χ0) is 21.3. The number of amides is 2. The minimum absolute atomic E-state index is 0.0909. The van der Waals surface area contributed by atoms with Crippen LogP contribution in [0.15, 0.2) is 42.9 Å². The summed E-state index contributed by atoms with van der Waals surface area (Å²) in [5.74, 6) is 1.07. The van der Waals surface area contributed by atoms with Gasteiger partial charge >= 0.3 is 0 Å². The molecule has 1 aliphatic rings. The molecule has 2 aromatic rings. The predicted molar refractivity (Wildman–Crippen MR) is 112 cm³/mol. The van der Waals surface area contributed by atoms with Crippen LogP contribution in [0.4, 0.5) is 0 Å². The summed E-state index contributed by atoms with van der Waals surface area (Å²) in [7, 11) is 1.59. The molecule has 1 aromatic heterocycles. The Labute approximate surface area is 176 Å². The van der Waals surface area contributed by atoms with E-state index in [1.54, 1.807) is 29.1 Å². The second kappa shape index (κ2) is 10.4. The lowest BCUT2D eigenvalue weighted by Crippen LogP contribution is -2.50. The largest absolute Gasteiger partial charge is 0.493 e. The molecule has 30 heavy (non-hydrogen) atoms. The van der Waals surface area contributed by atoms with Crippen LogP contribution in [0, 0.1) is 0 Å². The molecule has 0 aliphatic carbocycles. The van der Waals surface area contributed by atoms with Crippen LogP contribution >= 0.6 is 0 Å². The number of aromatic nitrogens is 2. The number of hydrogen-bond donors (Lipinski definition) is 0. The third-order valence-corrected chi connectivity index (χ3v) is 4.73. The number of methoxy groups -OCH3 is 1. The Balaban J connectivity index is 1.55. The van der Waals surface area contributed by atoms with Crippen LogP contribution < -0.4 is 9.47 Å². The second-order valence-corrected chi connectivity index (χ2v) is 6.80. The van der Waals surface area contributed by atoms with Crippen LogP contribution in [-0.4, -0.2) is 71.5 Å². The normalized spacial score (nSPS) is 14.1. The summed E-state index contributed by atoms with van der Waals surface area (Å²) in [6.07, 6.45) is 8.69. The Morgan fingerprint density at radius 1 is 1.10 bits per heavy atom. The topological polar surface area (TPSA) is 84.9 Å². The highest BCUT2D eigenvalue weighted by Gasteiger charge is 2.24. The van der Waals surface area contributed by atoms with Crippen molar-refractivity contribution in [1.82, 2.24) is 19.8 Å². The van der Waals surface area contributed by atoms with Gasteiger partial charge in [0.1, 0.15) is 5.69 Å². The predicted octanol–water partition coefficient (Wildman–Crippen LogP) is 2.27. The first-order valence-corrected chi connectivity index (χ1v) is 9.95. The van der Waals surface area contributed by atoms with E-state index in [0.717, 1.165) is 12.0 Å². The molecule has 2 heterocycles. The first-order chi connectivity index (χ1) is 14.6. The van der Waals surface area contributed by atoms with Crippen LogP contribution in [0.5, 0.6) is 11.5 Å². The van der Waals surface area contributed by atoms with Crippen LogP contribution in [-0.2, 0) is 4.79 Å². The van der Waals surface area contributed by atoms with E-state index >= 15 is 0 Å². The van der Waals surface area contributed by atoms with Crippen LogP contribution in [0.1, 0.15) is 29.4 Å². The monoisotopic (exact) mass is 410 g/mol. The maximum absolute atomic E-state index is 12.5. The van der Waals surface area contributed by atoms with Crippen molar-refractivity contribution in [2.75, 3.05) is 39.9 Å². The summed E-state index contributed by atoms with van der Waals surface area (Å²) in [5, 5.41) is 0. The summed E-state index contributed by atoms with van der Waals surface area (Å²) >= 11 is 0. The van der Waals surface area contributed by atoms with Crippen molar-refractivity contribution in [3.63, 3.8) is 0 Å². The number of benzene rings is 1. The molecule has 8 nitrogen and oxygen atoms in total. The number of carbonyl (C=O) groups is 2. The summed E-state index contributed by atoms with van der Waals surface area (Å²) in [6, 6.07) is 5.57. The number of hydrogen-bond acceptors (Lipinski definition) is 6. The second-order valence-electron chi connectivity index (χ2n) is 6.80. The van der Waals surface area contributed by atoms with Gasteiger partial charge in [-0.05, 0) is 30.2 Å². The van der Waals surface area contributed by atoms with Gasteiger partial charge in [-0.3, -0.25) is 14.6 Å². The van der Waals surface area contributed by atoms with Gasteiger partial charge in [-0.15, -0.1) is 0 Å². The van der Waals surface area contributed by atoms with Gasteiger partial charge in [0.15, 0.2) is 11.5 Å². The molecular formula is C22H26N4O4. The molecule has 158 valence electrons. The van der Waals surface area contributed by atoms with Crippen LogP contribution in [0.3, 0.4) is 0 Å². The van der Waals surface area contributed by atoms with E-state index in [1.165, 1.54) is 18.6 Å². The van der Waals surface area contributed by atoms with Gasteiger partial charge in [0, 0.05) is 44.6 Å². The van der Waals surface area contributed by atoms with Gasteiger partial charge in [-0.1, -0.05) is 13.0 Å². The minimum Gasteiger partial charge on any atom is -0.493 e. The third-order valence-electron chi connectivity index (χ3n) is 4.73. The summed E-state index contributed by atoms with van der Waals surface area (Å²) in [6.45, 7) is 4.54. The lowest BCUT2D eigenvalue weighted by Gasteiger charge is -2.34. The molecule has 1 aromatic carbocycles. The number of ether oxygens (including phenoxy) is 2. The van der Waals surface area contributed by atoms with Crippen molar-refractivity contribution in [2.45, 2.75) is 13.3 Å². The smallest absolute Gasteiger partial charge is 0.274 e. The zero-order valence-electron chi connectivity index (χ0n) is 17.3. The Kier molecular flexibility index (Phi) is 7.37.